The van der Waals surface area contributed by atoms with Crippen LogP contribution in [0.1, 0.15) is 25.0 Å². The van der Waals surface area contributed by atoms with E-state index in [1.807, 2.05) is 34.1 Å². The van der Waals surface area contributed by atoms with E-state index in [1.54, 1.807) is 12.4 Å². The summed E-state index contributed by atoms with van der Waals surface area (Å²) in [5.74, 6) is 0.274. The van der Waals surface area contributed by atoms with Crippen LogP contribution in [0.25, 0.3) is 5.69 Å². The van der Waals surface area contributed by atoms with Crippen LogP contribution in [0.3, 0.4) is 0 Å². The van der Waals surface area contributed by atoms with E-state index < -0.39 is 11.9 Å². The van der Waals surface area contributed by atoms with Gasteiger partial charge in [-0.1, -0.05) is 12.1 Å². The van der Waals surface area contributed by atoms with Gasteiger partial charge >= 0.3 is 6.18 Å². The monoisotopic (exact) mass is 429 g/mol. The molecule has 160 valence electrons. The van der Waals surface area contributed by atoms with Crippen LogP contribution in [-0.2, 0) is 11.0 Å². The summed E-state index contributed by atoms with van der Waals surface area (Å²) >= 11 is 0. The minimum Gasteiger partial charge on any atom is -0.337 e. The lowest BCUT2D eigenvalue weighted by Gasteiger charge is -2.35. The second-order valence-corrected chi connectivity index (χ2v) is 7.59. The van der Waals surface area contributed by atoms with E-state index in [0.717, 1.165) is 31.6 Å². The van der Waals surface area contributed by atoms with E-state index in [9.17, 15) is 18.0 Å². The summed E-state index contributed by atoms with van der Waals surface area (Å²) in [6.45, 7) is 0. The number of rotatable bonds is 5. The zero-order valence-electron chi connectivity index (χ0n) is 16.2. The number of amides is 1. The molecule has 1 amide bonds. The third kappa shape index (κ3) is 3.29. The molecule has 0 saturated carbocycles. The van der Waals surface area contributed by atoms with Crippen molar-refractivity contribution in [1.29, 1.82) is 0 Å². The molecule has 2 saturated heterocycles. The molecule has 3 unspecified atom stereocenters. The molecule has 2 aromatic heterocycles. The van der Waals surface area contributed by atoms with Crippen molar-refractivity contribution in [2.75, 3.05) is 4.90 Å². The van der Waals surface area contributed by atoms with Crippen LogP contribution in [0.5, 0.6) is 0 Å². The number of benzene rings is 1. The highest BCUT2D eigenvalue weighted by atomic mass is 19.4. The number of hydrogen-bond acceptors (Lipinski definition) is 6. The summed E-state index contributed by atoms with van der Waals surface area (Å²) in [6, 6.07) is 7.21. The number of halogens is 3. The summed E-state index contributed by atoms with van der Waals surface area (Å²) in [6.07, 6.45) is 3.67. The third-order valence-corrected chi connectivity index (χ3v) is 5.96. The van der Waals surface area contributed by atoms with E-state index in [2.05, 4.69) is 20.2 Å². The zero-order valence-corrected chi connectivity index (χ0v) is 16.2. The Kier molecular flexibility index (Phi) is 4.60. The second kappa shape index (κ2) is 7.33. The molecule has 4 heterocycles. The SMILES string of the molecule is O=CN1C2CCC1C(N(c1cnc(C(F)(F)F)cn1)c1ccccc1-n1nccn1)C2. The highest BCUT2D eigenvalue weighted by Gasteiger charge is 2.49. The van der Waals surface area contributed by atoms with E-state index in [1.165, 1.54) is 4.80 Å². The van der Waals surface area contributed by atoms with Crippen molar-refractivity contribution < 1.29 is 18.0 Å². The maximum atomic E-state index is 13.0. The Morgan fingerprint density at radius 2 is 1.84 bits per heavy atom. The lowest BCUT2D eigenvalue weighted by atomic mass is 9.93. The number of alkyl halides is 3. The van der Waals surface area contributed by atoms with Crippen molar-refractivity contribution >= 4 is 17.9 Å². The highest BCUT2D eigenvalue weighted by molar-refractivity contribution is 5.71. The van der Waals surface area contributed by atoms with Gasteiger partial charge in [0.25, 0.3) is 0 Å². The fourth-order valence-electron chi connectivity index (χ4n) is 4.68. The van der Waals surface area contributed by atoms with Crippen LogP contribution < -0.4 is 4.90 Å². The highest BCUT2D eigenvalue weighted by Crippen LogP contribution is 2.44. The number of fused-ring (bicyclic) bond motifs is 2. The number of carbonyl (C=O) groups is 1. The van der Waals surface area contributed by atoms with E-state index >= 15 is 0 Å². The molecule has 2 aliphatic rings. The molecule has 5 rings (SSSR count). The Hall–Kier alpha value is -3.50. The van der Waals surface area contributed by atoms with Crippen LogP contribution in [0, 0.1) is 0 Å². The van der Waals surface area contributed by atoms with Gasteiger partial charge in [0.15, 0.2) is 11.5 Å². The van der Waals surface area contributed by atoms with Crippen molar-refractivity contribution in [2.24, 2.45) is 0 Å². The lowest BCUT2D eigenvalue weighted by Crippen LogP contribution is -2.42. The van der Waals surface area contributed by atoms with Gasteiger partial charge in [-0.15, -0.1) is 4.80 Å². The van der Waals surface area contributed by atoms with Crippen LogP contribution in [0.2, 0.25) is 0 Å². The number of anilines is 2. The lowest BCUT2D eigenvalue weighted by molar-refractivity contribution is -0.141. The van der Waals surface area contributed by atoms with Gasteiger partial charge in [0.1, 0.15) is 5.69 Å². The standard InChI is InChI=1S/C20H18F3N7O/c21-20(22,23)18-10-25-19(11-24-18)29(17-9-13-5-6-14(17)28(13)12-31)15-3-1-2-4-16(15)30-26-7-8-27-30/h1-4,7-8,10-14,17H,5-6,9H2. The molecule has 3 aromatic rings. The minimum atomic E-state index is -4.58. The number of hydrogen-bond donors (Lipinski definition) is 0. The zero-order chi connectivity index (χ0) is 21.6. The van der Waals surface area contributed by atoms with Crippen LogP contribution in [-0.4, -0.2) is 54.4 Å². The normalized spacial score (nSPS) is 22.7. The first-order chi connectivity index (χ1) is 15.0. The molecule has 11 heteroatoms. The third-order valence-electron chi connectivity index (χ3n) is 5.96. The van der Waals surface area contributed by atoms with Gasteiger partial charge in [-0.3, -0.25) is 4.79 Å². The predicted molar refractivity (Wildman–Crippen MR) is 104 cm³/mol. The van der Waals surface area contributed by atoms with E-state index in [4.69, 9.17) is 0 Å². The molecular formula is C20H18F3N7O. The fraction of sp³-hybridized carbons (Fsp3) is 0.350. The summed E-state index contributed by atoms with van der Waals surface area (Å²) in [4.78, 5) is 24.5. The minimum absolute atomic E-state index is 0.0646. The van der Waals surface area contributed by atoms with Crippen molar-refractivity contribution in [3.63, 3.8) is 0 Å². The van der Waals surface area contributed by atoms with Crippen molar-refractivity contribution in [3.05, 3.63) is 54.7 Å². The molecule has 0 spiro atoms. The van der Waals surface area contributed by atoms with Gasteiger partial charge in [-0.25, -0.2) is 9.97 Å². The topological polar surface area (TPSA) is 80.0 Å². The number of carbonyl (C=O) groups excluding carboxylic acids is 1. The van der Waals surface area contributed by atoms with E-state index in [-0.39, 0.29) is 23.9 Å². The van der Waals surface area contributed by atoms with Crippen molar-refractivity contribution in [1.82, 2.24) is 29.9 Å². The first-order valence-corrected chi connectivity index (χ1v) is 9.84. The molecule has 0 N–H and O–H groups in total. The van der Waals surface area contributed by atoms with Gasteiger partial charge in [0.2, 0.25) is 6.41 Å². The number of para-hydroxylation sites is 2. The number of nitrogens with zero attached hydrogens (tertiary/aromatic N) is 7. The van der Waals surface area contributed by atoms with Crippen LogP contribution in [0.4, 0.5) is 24.7 Å². The first-order valence-electron chi connectivity index (χ1n) is 9.84. The maximum absolute atomic E-state index is 13.0. The molecule has 31 heavy (non-hydrogen) atoms. The Balaban J connectivity index is 1.62. The molecule has 8 nitrogen and oxygen atoms in total. The van der Waals surface area contributed by atoms with Gasteiger partial charge < -0.3 is 9.80 Å². The van der Waals surface area contributed by atoms with Gasteiger partial charge in [0.05, 0.1) is 42.6 Å². The molecule has 2 bridgehead atoms. The molecule has 2 aliphatic heterocycles. The van der Waals surface area contributed by atoms with Crippen LogP contribution in [0.15, 0.2) is 49.1 Å². The van der Waals surface area contributed by atoms with Crippen LogP contribution >= 0.6 is 0 Å². The summed E-state index contributed by atoms with van der Waals surface area (Å²) in [5, 5.41) is 8.41. The summed E-state index contributed by atoms with van der Waals surface area (Å²) in [7, 11) is 0. The average molecular weight is 429 g/mol. The largest absolute Gasteiger partial charge is 0.434 e. The van der Waals surface area contributed by atoms with Crippen molar-refractivity contribution in [2.45, 2.75) is 43.6 Å². The molecule has 0 radical (unpaired) electrons. The molecule has 1 aromatic carbocycles. The predicted octanol–water partition coefficient (Wildman–Crippen LogP) is 2.98. The Bertz CT molecular complexity index is 1070. The first kappa shape index (κ1) is 19.5. The average Bonchev–Trinajstić information content (AvgIpc) is 3.50. The maximum Gasteiger partial charge on any atom is 0.434 e. The fourth-order valence-corrected chi connectivity index (χ4v) is 4.68. The van der Waals surface area contributed by atoms with E-state index in [0.29, 0.717) is 17.8 Å². The molecule has 2 fully saturated rings. The Labute approximate surface area is 175 Å². The van der Waals surface area contributed by atoms with Crippen molar-refractivity contribution in [3.8, 4) is 5.69 Å². The van der Waals surface area contributed by atoms with Gasteiger partial charge in [-0.2, -0.15) is 23.4 Å². The number of aromatic nitrogens is 5. The summed E-state index contributed by atoms with van der Waals surface area (Å²) in [5.41, 5.74) is 0.270. The quantitative estimate of drug-likeness (QED) is 0.580. The second-order valence-electron chi connectivity index (χ2n) is 7.59. The molecule has 0 aliphatic carbocycles. The molecule has 3 atom stereocenters. The Morgan fingerprint density at radius 1 is 1.06 bits per heavy atom. The molecular weight excluding hydrogens is 411 g/mol. The smallest absolute Gasteiger partial charge is 0.337 e. The summed E-state index contributed by atoms with van der Waals surface area (Å²) < 4.78 is 39.1. The Morgan fingerprint density at radius 3 is 2.48 bits per heavy atom. The van der Waals surface area contributed by atoms with Gasteiger partial charge in [-0.05, 0) is 31.4 Å². The van der Waals surface area contributed by atoms with Gasteiger partial charge in [0, 0.05) is 6.04 Å².